The van der Waals surface area contributed by atoms with Crippen LogP contribution in [0.3, 0.4) is 0 Å². The van der Waals surface area contributed by atoms with Gasteiger partial charge >= 0.3 is 23.7 Å². The molecular weight excluding hydrogens is 498 g/mol. The van der Waals surface area contributed by atoms with Crippen molar-refractivity contribution < 1.29 is 59.3 Å². The first-order valence-electron chi connectivity index (χ1n) is 9.84. The van der Waals surface area contributed by atoms with Crippen LogP contribution >= 0.6 is 0 Å². The first-order valence-corrected chi connectivity index (χ1v) is 9.84. The lowest BCUT2D eigenvalue weighted by molar-refractivity contribution is -0.150. The molecule has 1 aromatic heterocycles. The van der Waals surface area contributed by atoms with Gasteiger partial charge in [-0.2, -0.15) is 0 Å². The van der Waals surface area contributed by atoms with Gasteiger partial charge in [0.15, 0.2) is 12.3 Å². The Balaban J connectivity index is 2.25. The maximum atomic E-state index is 12.4. The van der Waals surface area contributed by atoms with E-state index in [4.69, 9.17) is 21.3 Å². The number of rotatable bonds is 10. The van der Waals surface area contributed by atoms with Crippen LogP contribution in [-0.2, 0) is 19.1 Å². The third-order valence-corrected chi connectivity index (χ3v) is 5.10. The van der Waals surface area contributed by atoms with E-state index in [2.05, 4.69) is 4.74 Å². The number of aromatic carboxylic acids is 1. The largest absolute Gasteiger partial charge is 0.480 e. The minimum absolute atomic E-state index is 0.393. The van der Waals surface area contributed by atoms with Gasteiger partial charge in [-0.1, -0.05) is 0 Å². The Labute approximate surface area is 198 Å². The molecule has 0 radical (unpaired) electrons. The third-order valence-electron chi connectivity index (χ3n) is 5.10. The SMILES string of the molecule is NC(=O)OC[C@@H](O)[C@H](O)[C@@H](N)C(=O)NC(C(=O)O)[C@H]1OC(n2cc(C(=O)O)c(=O)[nH]c2=O)[C@H](O)[C@@H]1O. The average Bonchev–Trinajstić information content (AvgIpc) is 3.08. The van der Waals surface area contributed by atoms with Crippen molar-refractivity contribution in [1.29, 1.82) is 0 Å². The van der Waals surface area contributed by atoms with E-state index in [-0.39, 0.29) is 0 Å². The molecule has 0 aliphatic carbocycles. The van der Waals surface area contributed by atoms with Crippen molar-refractivity contribution >= 4 is 23.9 Å². The summed E-state index contributed by atoms with van der Waals surface area (Å²) in [6.07, 6.45) is -12.8. The number of aliphatic carboxylic acids is 1. The number of carboxylic acid groups (broad SMARTS) is 2. The molecule has 36 heavy (non-hydrogen) atoms. The smallest absolute Gasteiger partial charge is 0.404 e. The third kappa shape index (κ3) is 6.02. The monoisotopic (exact) mass is 521 g/mol. The average molecular weight is 521 g/mol. The number of carboxylic acids is 2. The lowest BCUT2D eigenvalue weighted by atomic mass is 10.0. The number of aromatic nitrogens is 2. The molecule has 1 saturated heterocycles. The molecule has 1 aliphatic rings. The second-order valence-electron chi connectivity index (χ2n) is 7.53. The highest BCUT2D eigenvalue weighted by Crippen LogP contribution is 2.30. The van der Waals surface area contributed by atoms with Gasteiger partial charge in [0.2, 0.25) is 5.91 Å². The Hall–Kier alpha value is -3.88. The number of H-pyrrole nitrogens is 1. The Morgan fingerprint density at radius 3 is 2.31 bits per heavy atom. The normalized spacial score (nSPS) is 24.8. The summed E-state index contributed by atoms with van der Waals surface area (Å²) in [6, 6.07) is -4.17. The maximum absolute atomic E-state index is 12.4. The van der Waals surface area contributed by atoms with E-state index < -0.39 is 96.2 Å². The van der Waals surface area contributed by atoms with Crippen LogP contribution in [-0.4, -0.2) is 113 Å². The molecule has 0 saturated carbocycles. The van der Waals surface area contributed by atoms with Crippen LogP contribution in [0, 0.1) is 0 Å². The van der Waals surface area contributed by atoms with Crippen molar-refractivity contribution in [2.75, 3.05) is 6.61 Å². The Morgan fingerprint density at radius 1 is 1.17 bits per heavy atom. The maximum Gasteiger partial charge on any atom is 0.404 e. The molecule has 0 spiro atoms. The van der Waals surface area contributed by atoms with Crippen molar-refractivity contribution in [2.45, 2.75) is 48.8 Å². The zero-order chi connectivity index (χ0) is 27.5. The van der Waals surface area contributed by atoms with Crippen LogP contribution in [0.2, 0.25) is 0 Å². The number of amides is 2. The van der Waals surface area contributed by atoms with Gasteiger partial charge in [-0.3, -0.25) is 19.1 Å². The number of aliphatic hydroxyl groups excluding tert-OH is 4. The van der Waals surface area contributed by atoms with E-state index in [9.17, 15) is 54.3 Å². The number of carbonyl (C=O) groups excluding carboxylic acids is 2. The van der Waals surface area contributed by atoms with E-state index in [1.54, 1.807) is 4.98 Å². The summed E-state index contributed by atoms with van der Waals surface area (Å²) in [5.74, 6) is -4.98. The minimum atomic E-state index is -2.16. The molecule has 2 unspecified atom stereocenters. The number of aromatic amines is 1. The number of ether oxygens (including phenoxy) is 2. The van der Waals surface area contributed by atoms with Crippen molar-refractivity contribution in [3.8, 4) is 0 Å². The highest BCUT2D eigenvalue weighted by atomic mass is 16.6. The summed E-state index contributed by atoms with van der Waals surface area (Å²) in [5.41, 5.74) is 6.72. The second kappa shape index (κ2) is 11.2. The number of hydrogen-bond acceptors (Lipinski definition) is 13. The van der Waals surface area contributed by atoms with Crippen molar-refractivity contribution in [3.05, 3.63) is 32.6 Å². The molecule has 0 bridgehead atoms. The lowest BCUT2D eigenvalue weighted by Crippen LogP contribution is -2.60. The molecule has 2 amide bonds. The van der Waals surface area contributed by atoms with Gasteiger partial charge in [-0.05, 0) is 0 Å². The van der Waals surface area contributed by atoms with Crippen LogP contribution in [0.1, 0.15) is 16.6 Å². The van der Waals surface area contributed by atoms with Gasteiger partial charge in [0.05, 0.1) is 0 Å². The van der Waals surface area contributed by atoms with E-state index in [1.165, 1.54) is 0 Å². The number of carbonyl (C=O) groups is 4. The van der Waals surface area contributed by atoms with Gasteiger partial charge in [0.1, 0.15) is 48.7 Å². The zero-order valence-electron chi connectivity index (χ0n) is 18.0. The number of nitrogens with one attached hydrogen (secondary N) is 2. The molecule has 8 atom stereocenters. The summed E-state index contributed by atoms with van der Waals surface area (Å²) in [5, 5.41) is 60.7. The zero-order valence-corrected chi connectivity index (χ0v) is 18.0. The predicted octanol–water partition coefficient (Wildman–Crippen LogP) is -6.43. The van der Waals surface area contributed by atoms with Crippen molar-refractivity contribution in [1.82, 2.24) is 14.9 Å². The molecule has 200 valence electrons. The molecule has 2 heterocycles. The molecule has 1 fully saturated rings. The Bertz CT molecular complexity index is 1130. The highest BCUT2D eigenvalue weighted by molar-refractivity contribution is 5.88. The molecule has 2 rings (SSSR count). The number of hydrogen-bond donors (Lipinski definition) is 10. The fraction of sp³-hybridized carbons (Fsp3) is 0.529. The van der Waals surface area contributed by atoms with Crippen LogP contribution in [0.25, 0.3) is 0 Å². The van der Waals surface area contributed by atoms with E-state index in [0.29, 0.717) is 10.8 Å². The van der Waals surface area contributed by atoms with Gasteiger partial charge < -0.3 is 56.9 Å². The summed E-state index contributed by atoms with van der Waals surface area (Å²) >= 11 is 0. The molecule has 1 aliphatic heterocycles. The molecular formula is C17H23N5O14. The quantitative estimate of drug-likeness (QED) is 0.137. The van der Waals surface area contributed by atoms with Crippen LogP contribution in [0.15, 0.2) is 15.8 Å². The summed E-state index contributed by atoms with van der Waals surface area (Å²) < 4.78 is 9.88. The fourth-order valence-electron chi connectivity index (χ4n) is 3.21. The number of nitrogens with zero attached hydrogens (tertiary/aromatic N) is 1. The first kappa shape index (κ1) is 28.4. The Morgan fingerprint density at radius 2 is 1.78 bits per heavy atom. The standard InChI is InChI=1S/C17H23N5O14/c18-5(7(24)4(23)2-35-16(19)33)12(28)20-6(15(31)32)10-8(25)9(26)13(36-10)22-1-3(14(29)30)11(27)21-17(22)34/h1,4-10,13,23-26H,2,18H2,(H2,19,33)(H,20,28)(H,29,30)(H,31,32)(H,21,27,34)/t4-,5-,6?,7+,8+,9-,10-,13?/m1/s1. The summed E-state index contributed by atoms with van der Waals surface area (Å²) in [4.78, 5) is 71.3. The lowest BCUT2D eigenvalue weighted by Gasteiger charge is -2.27. The van der Waals surface area contributed by atoms with Crippen LogP contribution in [0.5, 0.6) is 0 Å². The first-order chi connectivity index (χ1) is 16.7. The number of primary amides is 1. The van der Waals surface area contributed by atoms with Gasteiger partial charge in [0.25, 0.3) is 5.56 Å². The number of aliphatic hydroxyl groups is 4. The topological polar surface area (TPSA) is 327 Å². The fourth-order valence-corrected chi connectivity index (χ4v) is 3.21. The molecule has 12 N–H and O–H groups in total. The highest BCUT2D eigenvalue weighted by Gasteiger charge is 2.50. The number of nitrogens with two attached hydrogens (primary N) is 2. The van der Waals surface area contributed by atoms with E-state index in [0.717, 1.165) is 0 Å². The minimum Gasteiger partial charge on any atom is -0.480 e. The van der Waals surface area contributed by atoms with Crippen LogP contribution in [0.4, 0.5) is 4.79 Å². The molecule has 19 heteroatoms. The molecule has 0 aromatic carbocycles. The van der Waals surface area contributed by atoms with Crippen molar-refractivity contribution in [3.63, 3.8) is 0 Å². The van der Waals surface area contributed by atoms with Gasteiger partial charge in [-0.25, -0.2) is 19.2 Å². The molecule has 19 nitrogen and oxygen atoms in total. The van der Waals surface area contributed by atoms with Gasteiger partial charge in [-0.15, -0.1) is 0 Å². The van der Waals surface area contributed by atoms with Crippen molar-refractivity contribution in [2.24, 2.45) is 11.5 Å². The Kier molecular flexibility index (Phi) is 8.85. The molecule has 1 aromatic rings. The van der Waals surface area contributed by atoms with Gasteiger partial charge in [0, 0.05) is 6.20 Å². The van der Waals surface area contributed by atoms with E-state index >= 15 is 0 Å². The summed E-state index contributed by atoms with van der Waals surface area (Å²) in [7, 11) is 0. The van der Waals surface area contributed by atoms with Crippen LogP contribution < -0.4 is 28.0 Å². The predicted molar refractivity (Wildman–Crippen MR) is 109 cm³/mol. The second-order valence-corrected chi connectivity index (χ2v) is 7.53. The van der Waals surface area contributed by atoms with E-state index in [1.807, 2.05) is 5.32 Å². The summed E-state index contributed by atoms with van der Waals surface area (Å²) in [6.45, 7) is -0.857.